The first-order chi connectivity index (χ1) is 16.2. The molecule has 0 aromatic heterocycles. The molecular weight excluding hydrogens is 487 g/mol. The van der Waals surface area contributed by atoms with E-state index in [1.165, 1.54) is 0 Å². The number of carbonyl (C=O) groups is 3. The molecule has 1 heterocycles. The fourth-order valence-corrected chi connectivity index (χ4v) is 4.02. The zero-order valence-corrected chi connectivity index (χ0v) is 20.2. The molecule has 2 aromatic rings. The van der Waals surface area contributed by atoms with E-state index >= 15 is 0 Å². The average molecular weight is 513 g/mol. The third-order valence-electron chi connectivity index (χ3n) is 5.20. The van der Waals surface area contributed by atoms with Gasteiger partial charge in [0.25, 0.3) is 0 Å². The number of amides is 1. The second-order valence-corrected chi connectivity index (χ2v) is 8.14. The standard InChI is InChI=1S/C21H24Cl2N2O3.C2H2O4/c1-27-18-9-8-14(13-19(18)28-2)10-12-25-11-4-7-17(25)21(26)24-20-15(22)5-3-6-16(20)23;3-1(4)2(5)6/h3,5-6,8-9,13,17H,4,7,10-12H2,1-2H3,(H,24,26);(H,3,4)(H,5,6). The van der Waals surface area contributed by atoms with E-state index in [2.05, 4.69) is 10.2 Å². The number of likely N-dealkylation sites (tertiary alicyclic amines) is 1. The van der Waals surface area contributed by atoms with Gasteiger partial charge < -0.3 is 25.0 Å². The third-order valence-corrected chi connectivity index (χ3v) is 5.83. The van der Waals surface area contributed by atoms with Gasteiger partial charge in [-0.1, -0.05) is 35.3 Å². The van der Waals surface area contributed by atoms with Crippen LogP contribution in [0.2, 0.25) is 10.0 Å². The van der Waals surface area contributed by atoms with E-state index < -0.39 is 11.9 Å². The normalized spacial score (nSPS) is 15.1. The molecule has 1 fully saturated rings. The van der Waals surface area contributed by atoms with E-state index in [0.717, 1.165) is 37.9 Å². The van der Waals surface area contributed by atoms with Crippen LogP contribution in [-0.2, 0) is 20.8 Å². The van der Waals surface area contributed by atoms with Crippen LogP contribution in [0.3, 0.4) is 0 Å². The average Bonchev–Trinajstić information content (AvgIpc) is 3.29. The molecule has 1 saturated heterocycles. The van der Waals surface area contributed by atoms with Crippen LogP contribution in [0, 0.1) is 0 Å². The van der Waals surface area contributed by atoms with Crippen molar-refractivity contribution in [1.29, 1.82) is 0 Å². The molecule has 1 aliphatic rings. The molecule has 2 aromatic carbocycles. The Morgan fingerprint density at radius 2 is 1.65 bits per heavy atom. The largest absolute Gasteiger partial charge is 0.493 e. The molecule has 0 aliphatic carbocycles. The number of methoxy groups -OCH3 is 2. The van der Waals surface area contributed by atoms with Crippen molar-refractivity contribution in [2.24, 2.45) is 0 Å². The van der Waals surface area contributed by atoms with Crippen LogP contribution in [0.15, 0.2) is 36.4 Å². The minimum absolute atomic E-state index is 0.0696. The second-order valence-electron chi connectivity index (χ2n) is 7.33. The Bertz CT molecular complexity index is 1000. The maximum Gasteiger partial charge on any atom is 0.414 e. The number of benzene rings is 2. The van der Waals surface area contributed by atoms with E-state index in [-0.39, 0.29) is 11.9 Å². The van der Waals surface area contributed by atoms with E-state index in [9.17, 15) is 4.79 Å². The van der Waals surface area contributed by atoms with Gasteiger partial charge in [0, 0.05) is 6.54 Å². The SMILES string of the molecule is COc1ccc(CCN2CCCC2C(=O)Nc2c(Cl)cccc2Cl)cc1OC.O=C(O)C(=O)O. The topological polar surface area (TPSA) is 125 Å². The maximum absolute atomic E-state index is 12.8. The van der Waals surface area contributed by atoms with Gasteiger partial charge >= 0.3 is 11.9 Å². The van der Waals surface area contributed by atoms with E-state index in [0.29, 0.717) is 27.2 Å². The molecular formula is C23H26Cl2N2O7. The summed E-state index contributed by atoms with van der Waals surface area (Å²) in [6.07, 6.45) is 2.62. The van der Waals surface area contributed by atoms with Gasteiger partial charge in [0.05, 0.1) is 36.0 Å². The zero-order chi connectivity index (χ0) is 25.3. The number of carboxylic acids is 2. The fraction of sp³-hybridized carbons (Fsp3) is 0.348. The second kappa shape index (κ2) is 13.0. The maximum atomic E-state index is 12.8. The summed E-state index contributed by atoms with van der Waals surface area (Å²) in [6.45, 7) is 1.67. The summed E-state index contributed by atoms with van der Waals surface area (Å²) in [7, 11) is 3.25. The molecule has 1 unspecified atom stereocenters. The predicted molar refractivity (Wildman–Crippen MR) is 128 cm³/mol. The third kappa shape index (κ3) is 7.51. The Hall–Kier alpha value is -3.01. The Labute approximate surface area is 207 Å². The number of nitrogens with one attached hydrogen (secondary N) is 1. The molecule has 1 aliphatic heterocycles. The summed E-state index contributed by atoms with van der Waals surface area (Å²) in [6, 6.07) is 10.9. The van der Waals surface area contributed by atoms with Crippen LogP contribution in [0.25, 0.3) is 0 Å². The summed E-state index contributed by atoms with van der Waals surface area (Å²) in [5.74, 6) is -2.30. The number of carboxylic acid groups (broad SMARTS) is 2. The number of carbonyl (C=O) groups excluding carboxylic acids is 1. The van der Waals surface area contributed by atoms with Gasteiger partial charge in [-0.05, 0) is 55.6 Å². The van der Waals surface area contributed by atoms with Gasteiger partial charge in [-0.3, -0.25) is 9.69 Å². The van der Waals surface area contributed by atoms with Gasteiger partial charge in [0.15, 0.2) is 11.5 Å². The smallest absolute Gasteiger partial charge is 0.414 e. The van der Waals surface area contributed by atoms with E-state index in [1.54, 1.807) is 32.4 Å². The molecule has 0 radical (unpaired) electrons. The highest BCUT2D eigenvalue weighted by Crippen LogP contribution is 2.31. The Kier molecular flexibility index (Phi) is 10.4. The number of nitrogens with zero attached hydrogens (tertiary/aromatic N) is 1. The zero-order valence-electron chi connectivity index (χ0n) is 18.7. The number of aliphatic carboxylic acids is 2. The lowest BCUT2D eigenvalue weighted by Gasteiger charge is -2.24. The molecule has 184 valence electrons. The molecule has 3 N–H and O–H groups in total. The summed E-state index contributed by atoms with van der Waals surface area (Å²) in [4.78, 5) is 33.2. The number of ether oxygens (including phenoxy) is 2. The fourth-order valence-electron chi connectivity index (χ4n) is 3.52. The van der Waals surface area contributed by atoms with E-state index in [1.807, 2.05) is 18.2 Å². The molecule has 9 nitrogen and oxygen atoms in total. The van der Waals surface area contributed by atoms with Crippen molar-refractivity contribution in [3.63, 3.8) is 0 Å². The van der Waals surface area contributed by atoms with Crippen molar-refractivity contribution < 1.29 is 34.1 Å². The Morgan fingerprint density at radius 1 is 1.03 bits per heavy atom. The highest BCUT2D eigenvalue weighted by molar-refractivity contribution is 6.39. The summed E-state index contributed by atoms with van der Waals surface area (Å²) >= 11 is 12.4. The summed E-state index contributed by atoms with van der Waals surface area (Å²) in [5, 5.41) is 18.6. The quantitative estimate of drug-likeness (QED) is 0.478. The molecule has 3 rings (SSSR count). The van der Waals surface area contributed by atoms with Crippen molar-refractivity contribution in [2.75, 3.05) is 32.6 Å². The number of anilines is 1. The molecule has 0 spiro atoms. The minimum atomic E-state index is -1.82. The molecule has 1 amide bonds. The Morgan fingerprint density at radius 3 is 2.21 bits per heavy atom. The number of rotatable bonds is 7. The van der Waals surface area contributed by atoms with Crippen LogP contribution in [-0.4, -0.2) is 66.3 Å². The highest BCUT2D eigenvalue weighted by atomic mass is 35.5. The van der Waals surface area contributed by atoms with Gasteiger partial charge in [-0.15, -0.1) is 0 Å². The van der Waals surface area contributed by atoms with E-state index in [4.69, 9.17) is 52.5 Å². The van der Waals surface area contributed by atoms with Crippen molar-refractivity contribution in [3.8, 4) is 11.5 Å². The molecule has 1 atom stereocenters. The lowest BCUT2D eigenvalue weighted by Crippen LogP contribution is -2.40. The molecule has 34 heavy (non-hydrogen) atoms. The van der Waals surface area contributed by atoms with Crippen molar-refractivity contribution >= 4 is 46.7 Å². The van der Waals surface area contributed by atoms with Gasteiger partial charge in [-0.2, -0.15) is 0 Å². The molecule has 0 bridgehead atoms. The first-order valence-electron chi connectivity index (χ1n) is 10.3. The van der Waals surface area contributed by atoms with Crippen LogP contribution < -0.4 is 14.8 Å². The van der Waals surface area contributed by atoms with Gasteiger partial charge in [0.1, 0.15) is 0 Å². The highest BCUT2D eigenvalue weighted by Gasteiger charge is 2.31. The number of hydrogen-bond acceptors (Lipinski definition) is 6. The molecule has 11 heteroatoms. The van der Waals surface area contributed by atoms with Crippen molar-refractivity contribution in [3.05, 3.63) is 52.0 Å². The predicted octanol–water partition coefficient (Wildman–Crippen LogP) is 3.81. The van der Waals surface area contributed by atoms with Crippen LogP contribution in [0.5, 0.6) is 11.5 Å². The van der Waals surface area contributed by atoms with Crippen molar-refractivity contribution in [1.82, 2.24) is 4.90 Å². The first kappa shape index (κ1) is 27.2. The lowest BCUT2D eigenvalue weighted by molar-refractivity contribution is -0.159. The number of halogens is 2. The van der Waals surface area contributed by atoms with Crippen molar-refractivity contribution in [2.45, 2.75) is 25.3 Å². The number of hydrogen-bond donors (Lipinski definition) is 3. The van der Waals surface area contributed by atoms with Gasteiger partial charge in [0.2, 0.25) is 5.91 Å². The molecule has 0 saturated carbocycles. The van der Waals surface area contributed by atoms with Crippen LogP contribution in [0.1, 0.15) is 18.4 Å². The lowest BCUT2D eigenvalue weighted by atomic mass is 10.1. The Balaban J connectivity index is 0.000000604. The summed E-state index contributed by atoms with van der Waals surface area (Å²) < 4.78 is 10.7. The minimum Gasteiger partial charge on any atom is -0.493 e. The van der Waals surface area contributed by atoms with Crippen LogP contribution >= 0.6 is 23.2 Å². The summed E-state index contributed by atoms with van der Waals surface area (Å²) in [5.41, 5.74) is 1.61. The monoisotopic (exact) mass is 512 g/mol. The number of para-hydroxylation sites is 1. The van der Waals surface area contributed by atoms with Gasteiger partial charge in [-0.25, -0.2) is 9.59 Å². The van der Waals surface area contributed by atoms with Crippen LogP contribution in [0.4, 0.5) is 5.69 Å². The first-order valence-corrected chi connectivity index (χ1v) is 11.1.